The van der Waals surface area contributed by atoms with Crippen LogP contribution in [-0.2, 0) is 16.2 Å². The lowest BCUT2D eigenvalue weighted by Crippen LogP contribution is -2.11. The molecule has 2 aromatic rings. The van der Waals surface area contributed by atoms with E-state index in [4.69, 9.17) is 0 Å². The number of aromatic nitrogens is 3. The van der Waals surface area contributed by atoms with Gasteiger partial charge in [-0.2, -0.15) is 13.2 Å². The summed E-state index contributed by atoms with van der Waals surface area (Å²) in [6.07, 6.45) is -3.61. The maximum Gasteiger partial charge on any atom is 0.416 e. The third-order valence-electron chi connectivity index (χ3n) is 2.06. The van der Waals surface area contributed by atoms with Crippen LogP contribution in [0.5, 0.6) is 0 Å². The van der Waals surface area contributed by atoms with Crippen molar-refractivity contribution in [1.29, 1.82) is 0 Å². The quantitative estimate of drug-likeness (QED) is 0.778. The molecule has 0 aliphatic rings. The zero-order valence-electron chi connectivity index (χ0n) is 8.43. The second-order valence-electron chi connectivity index (χ2n) is 3.40. The van der Waals surface area contributed by atoms with Crippen LogP contribution < -0.4 is 0 Å². The van der Waals surface area contributed by atoms with E-state index < -0.39 is 21.8 Å². The van der Waals surface area contributed by atoms with Gasteiger partial charge in [0.25, 0.3) is 10.0 Å². The second-order valence-corrected chi connectivity index (χ2v) is 5.21. The van der Waals surface area contributed by atoms with Crippen molar-refractivity contribution >= 4 is 21.1 Å². The van der Waals surface area contributed by atoms with Crippen LogP contribution in [0, 0.1) is 0 Å². The molecule has 0 amide bonds. The molecule has 17 heavy (non-hydrogen) atoms. The number of alkyl halides is 3. The molecule has 0 spiro atoms. The molecule has 0 aliphatic heterocycles. The Bertz CT molecular complexity index is 675. The third kappa shape index (κ3) is 2.09. The molecule has 5 nitrogen and oxygen atoms in total. The van der Waals surface area contributed by atoms with Gasteiger partial charge in [-0.25, -0.2) is 8.42 Å². The fraction of sp³-hybridized carbons (Fsp3) is 0.250. The van der Waals surface area contributed by atoms with Gasteiger partial charge in [-0.05, 0) is 18.2 Å². The van der Waals surface area contributed by atoms with Crippen molar-refractivity contribution < 1.29 is 21.6 Å². The summed E-state index contributed by atoms with van der Waals surface area (Å²) >= 11 is 0. The van der Waals surface area contributed by atoms with Gasteiger partial charge in [0.2, 0.25) is 0 Å². The van der Waals surface area contributed by atoms with Crippen molar-refractivity contribution in [1.82, 2.24) is 14.4 Å². The molecule has 0 unspecified atom stereocenters. The van der Waals surface area contributed by atoms with Crippen LogP contribution in [0.15, 0.2) is 18.2 Å². The summed E-state index contributed by atoms with van der Waals surface area (Å²) in [5, 5.41) is 6.69. The van der Waals surface area contributed by atoms with Gasteiger partial charge in [0.1, 0.15) is 11.0 Å². The van der Waals surface area contributed by atoms with Crippen LogP contribution in [0.2, 0.25) is 0 Å². The predicted octanol–water partition coefficient (Wildman–Crippen LogP) is 1.26. The summed E-state index contributed by atoms with van der Waals surface area (Å²) < 4.78 is 60.2. The number of benzene rings is 1. The molecule has 0 saturated carbocycles. The summed E-state index contributed by atoms with van der Waals surface area (Å²) in [5.74, 6) is 0. The molecule has 0 aliphatic carbocycles. The smallest absolute Gasteiger partial charge is 0.205 e. The molecule has 0 N–H and O–H groups in total. The van der Waals surface area contributed by atoms with Gasteiger partial charge in [0.05, 0.1) is 11.8 Å². The number of hydrogen-bond acceptors (Lipinski definition) is 4. The number of nitrogens with zero attached hydrogens (tertiary/aromatic N) is 3. The number of halogens is 3. The lowest BCUT2D eigenvalue weighted by molar-refractivity contribution is -0.137. The molecule has 0 atom stereocenters. The van der Waals surface area contributed by atoms with E-state index in [-0.39, 0.29) is 11.0 Å². The molecule has 2 rings (SSSR count). The van der Waals surface area contributed by atoms with E-state index in [1.54, 1.807) is 0 Å². The van der Waals surface area contributed by atoms with E-state index in [9.17, 15) is 21.6 Å². The Kier molecular flexibility index (Phi) is 2.38. The van der Waals surface area contributed by atoms with E-state index in [2.05, 4.69) is 10.3 Å². The third-order valence-corrected chi connectivity index (χ3v) is 2.95. The molecule has 1 aromatic carbocycles. The Hall–Kier alpha value is -1.64. The highest BCUT2D eigenvalue weighted by Gasteiger charge is 2.31. The van der Waals surface area contributed by atoms with Crippen molar-refractivity contribution in [2.75, 3.05) is 6.26 Å². The Morgan fingerprint density at radius 2 is 1.94 bits per heavy atom. The summed E-state index contributed by atoms with van der Waals surface area (Å²) in [4.78, 5) is 0. The van der Waals surface area contributed by atoms with Gasteiger partial charge in [0.15, 0.2) is 0 Å². The minimum absolute atomic E-state index is 0.0144. The largest absolute Gasteiger partial charge is 0.416 e. The molecule has 0 saturated heterocycles. The maximum absolute atomic E-state index is 12.4. The predicted molar refractivity (Wildman–Crippen MR) is 52.8 cm³/mol. The van der Waals surface area contributed by atoms with Gasteiger partial charge in [-0.3, -0.25) is 0 Å². The molecular formula is C8H6F3N3O2S. The fourth-order valence-corrected chi connectivity index (χ4v) is 2.00. The Morgan fingerprint density at radius 3 is 2.47 bits per heavy atom. The van der Waals surface area contributed by atoms with Gasteiger partial charge >= 0.3 is 6.18 Å². The summed E-state index contributed by atoms with van der Waals surface area (Å²) in [7, 11) is -3.67. The molecule has 0 fully saturated rings. The minimum atomic E-state index is -4.50. The molecule has 0 bridgehead atoms. The van der Waals surface area contributed by atoms with Crippen LogP contribution in [-0.4, -0.2) is 29.1 Å². The Balaban J connectivity index is 2.69. The van der Waals surface area contributed by atoms with Gasteiger partial charge in [-0.1, -0.05) is 5.21 Å². The van der Waals surface area contributed by atoms with Gasteiger partial charge in [0, 0.05) is 0 Å². The number of rotatable bonds is 1. The van der Waals surface area contributed by atoms with Crippen molar-refractivity contribution in [2.45, 2.75) is 6.18 Å². The zero-order valence-corrected chi connectivity index (χ0v) is 9.25. The summed E-state index contributed by atoms with van der Waals surface area (Å²) in [6, 6.07) is 2.57. The van der Waals surface area contributed by atoms with Crippen molar-refractivity contribution in [3.05, 3.63) is 23.8 Å². The number of hydrogen-bond donors (Lipinski definition) is 0. The fourth-order valence-electron chi connectivity index (χ4n) is 1.32. The summed E-state index contributed by atoms with van der Waals surface area (Å²) in [5.41, 5.74) is -1.00. The zero-order chi connectivity index (χ0) is 12.8. The maximum atomic E-state index is 12.4. The van der Waals surface area contributed by atoms with Gasteiger partial charge < -0.3 is 0 Å². The Labute approximate surface area is 93.9 Å². The highest BCUT2D eigenvalue weighted by Crippen LogP contribution is 2.30. The standard InChI is InChI=1S/C8H6F3N3O2S/c1-17(15,16)14-7-3-2-5(8(9,10)11)4-6(7)12-13-14/h2-4H,1H3. The number of fused-ring (bicyclic) bond motifs is 1. The molecule has 92 valence electrons. The average molecular weight is 265 g/mol. The lowest BCUT2D eigenvalue weighted by atomic mass is 10.2. The van der Waals surface area contributed by atoms with Crippen molar-refractivity contribution in [3.63, 3.8) is 0 Å². The Morgan fingerprint density at radius 1 is 1.29 bits per heavy atom. The lowest BCUT2D eigenvalue weighted by Gasteiger charge is -2.05. The second kappa shape index (κ2) is 3.42. The van der Waals surface area contributed by atoms with Gasteiger partial charge in [-0.15, -0.1) is 9.19 Å². The molecule has 1 aromatic heterocycles. The SMILES string of the molecule is CS(=O)(=O)n1nnc2cc(C(F)(F)F)ccc21. The highest BCUT2D eigenvalue weighted by atomic mass is 32.2. The minimum Gasteiger partial charge on any atom is -0.205 e. The van der Waals surface area contributed by atoms with E-state index in [0.29, 0.717) is 4.09 Å². The first-order chi connectivity index (χ1) is 7.69. The van der Waals surface area contributed by atoms with Crippen LogP contribution in [0.3, 0.4) is 0 Å². The van der Waals surface area contributed by atoms with Crippen LogP contribution >= 0.6 is 0 Å². The van der Waals surface area contributed by atoms with Crippen LogP contribution in [0.4, 0.5) is 13.2 Å². The first kappa shape index (κ1) is 11.8. The molecule has 1 heterocycles. The molecular weight excluding hydrogens is 259 g/mol. The highest BCUT2D eigenvalue weighted by molar-refractivity contribution is 7.89. The molecule has 0 radical (unpaired) electrons. The first-order valence-corrected chi connectivity index (χ1v) is 6.17. The topological polar surface area (TPSA) is 64.8 Å². The van der Waals surface area contributed by atoms with Crippen molar-refractivity contribution in [2.24, 2.45) is 0 Å². The van der Waals surface area contributed by atoms with E-state index >= 15 is 0 Å². The van der Waals surface area contributed by atoms with Crippen LogP contribution in [0.25, 0.3) is 11.0 Å². The van der Waals surface area contributed by atoms with E-state index in [1.807, 2.05) is 0 Å². The van der Waals surface area contributed by atoms with Crippen LogP contribution in [0.1, 0.15) is 5.56 Å². The normalized spacial score (nSPS) is 13.2. The average Bonchev–Trinajstić information content (AvgIpc) is 2.57. The summed E-state index contributed by atoms with van der Waals surface area (Å²) in [6.45, 7) is 0. The van der Waals surface area contributed by atoms with E-state index in [0.717, 1.165) is 24.5 Å². The first-order valence-electron chi connectivity index (χ1n) is 4.33. The van der Waals surface area contributed by atoms with E-state index in [1.165, 1.54) is 0 Å². The molecule has 9 heteroatoms. The van der Waals surface area contributed by atoms with Crippen molar-refractivity contribution in [3.8, 4) is 0 Å². The monoisotopic (exact) mass is 265 g/mol.